The number of carbonyl (C=O) groups is 2. The van der Waals surface area contributed by atoms with E-state index in [1.807, 2.05) is 0 Å². The monoisotopic (exact) mass is 293 g/mol. The van der Waals surface area contributed by atoms with Crippen LogP contribution in [0.1, 0.15) is 12.5 Å². The molecule has 0 aromatic carbocycles. The molecule has 0 fully saturated rings. The van der Waals surface area contributed by atoms with Gasteiger partial charge in [0.25, 0.3) is 5.78 Å². The number of hydrogen-bond donors (Lipinski definition) is 0. The van der Waals surface area contributed by atoms with E-state index in [0.717, 1.165) is 18.5 Å². The van der Waals surface area contributed by atoms with Gasteiger partial charge in [-0.25, -0.2) is 4.79 Å². The van der Waals surface area contributed by atoms with Crippen molar-refractivity contribution in [3.05, 3.63) is 30.1 Å². The molecule has 0 N–H and O–H groups in total. The predicted molar refractivity (Wildman–Crippen MR) is 60.5 cm³/mol. The summed E-state index contributed by atoms with van der Waals surface area (Å²) in [5.74, 6) is -3.51. The van der Waals surface area contributed by atoms with Gasteiger partial charge in [0.05, 0.1) is 12.8 Å². The van der Waals surface area contributed by atoms with Crippen LogP contribution in [0.5, 0.6) is 5.75 Å². The van der Waals surface area contributed by atoms with Crippen molar-refractivity contribution < 1.29 is 51.8 Å². The van der Waals surface area contributed by atoms with Crippen molar-refractivity contribution in [2.75, 3.05) is 6.61 Å². The van der Waals surface area contributed by atoms with E-state index in [1.54, 1.807) is 0 Å². The topological polar surface area (TPSA) is 88.6 Å². The minimum absolute atomic E-state index is 0. The normalized spacial score (nSPS) is 10.8. The number of hydrogen-bond acceptors (Lipinski definition) is 6. The van der Waals surface area contributed by atoms with Crippen LogP contribution in [0, 0.1) is 0 Å². The van der Waals surface area contributed by atoms with Crippen LogP contribution >= 0.6 is 0 Å². The molecule has 108 valence electrons. The molecule has 0 amide bonds. The molecule has 1 rings (SSSR count). The maximum absolute atomic E-state index is 12.0. The summed E-state index contributed by atoms with van der Waals surface area (Å²) in [6.07, 6.45) is 2.53. The van der Waals surface area contributed by atoms with Crippen LogP contribution < -0.4 is 28.7 Å². The molecule has 0 aliphatic rings. The molecule has 0 spiro atoms. The maximum atomic E-state index is 12.0. The molecule has 1 aromatic heterocycles. The molecule has 0 saturated carbocycles. The average molecular weight is 293 g/mol. The first-order valence-corrected chi connectivity index (χ1v) is 5.44. The summed E-state index contributed by atoms with van der Waals surface area (Å²) >= 11 is 0. The van der Waals surface area contributed by atoms with Crippen LogP contribution in [-0.2, 0) is 14.3 Å². The van der Waals surface area contributed by atoms with Gasteiger partial charge in [-0.05, 0) is 24.6 Å². The van der Waals surface area contributed by atoms with E-state index in [9.17, 15) is 23.5 Å². The molecule has 9 heteroatoms. The van der Waals surface area contributed by atoms with E-state index in [2.05, 4.69) is 14.5 Å². The Kier molecular flexibility index (Phi) is 8.27. The summed E-state index contributed by atoms with van der Waals surface area (Å²) < 4.78 is 32.5. The number of carbonyl (C=O) groups excluding carboxylic acids is 2. The molecule has 0 bridgehead atoms. The predicted octanol–water partition coefficient (Wildman–Crippen LogP) is -2.48. The van der Waals surface area contributed by atoms with Crippen LogP contribution in [-0.4, -0.2) is 30.0 Å². The van der Waals surface area contributed by atoms with Gasteiger partial charge in [0.2, 0.25) is 0 Å². The SMILES string of the molecule is CCOC(=O)C(=O)C=C([O-])c1cncc(OC(F)F)c1.[Li+]. The summed E-state index contributed by atoms with van der Waals surface area (Å²) in [5.41, 5.74) is -0.166. The number of alkyl halides is 2. The zero-order valence-electron chi connectivity index (χ0n) is 11.3. The van der Waals surface area contributed by atoms with Crippen molar-refractivity contribution in [3.8, 4) is 5.75 Å². The van der Waals surface area contributed by atoms with E-state index >= 15 is 0 Å². The smallest absolute Gasteiger partial charge is 0.872 e. The number of ketones is 1. The van der Waals surface area contributed by atoms with E-state index in [0.29, 0.717) is 6.08 Å². The first-order chi connectivity index (χ1) is 9.43. The minimum Gasteiger partial charge on any atom is -0.872 e. The van der Waals surface area contributed by atoms with Gasteiger partial charge in [-0.1, -0.05) is 5.76 Å². The third-order valence-corrected chi connectivity index (χ3v) is 1.96. The first-order valence-electron chi connectivity index (χ1n) is 5.44. The van der Waals surface area contributed by atoms with Crippen molar-refractivity contribution in [1.29, 1.82) is 0 Å². The first kappa shape index (κ1) is 19.1. The molecule has 0 radical (unpaired) electrons. The summed E-state index contributed by atoms with van der Waals surface area (Å²) in [5, 5.41) is 11.6. The Morgan fingerprint density at radius 3 is 2.67 bits per heavy atom. The van der Waals surface area contributed by atoms with Crippen LogP contribution in [0.15, 0.2) is 24.5 Å². The van der Waals surface area contributed by atoms with E-state index in [4.69, 9.17) is 0 Å². The Hall–Kier alpha value is -1.91. The van der Waals surface area contributed by atoms with Crippen molar-refractivity contribution in [3.63, 3.8) is 0 Å². The number of pyridine rings is 1. The van der Waals surface area contributed by atoms with Gasteiger partial charge in [-0.3, -0.25) is 9.78 Å². The van der Waals surface area contributed by atoms with Crippen LogP contribution in [0.3, 0.4) is 0 Å². The fourth-order valence-electron chi connectivity index (χ4n) is 1.18. The third kappa shape index (κ3) is 6.38. The fourth-order valence-corrected chi connectivity index (χ4v) is 1.18. The van der Waals surface area contributed by atoms with Crippen molar-refractivity contribution in [2.45, 2.75) is 13.5 Å². The molecule has 0 saturated heterocycles. The zero-order valence-corrected chi connectivity index (χ0v) is 11.3. The molecule has 0 aliphatic carbocycles. The Morgan fingerprint density at radius 1 is 1.43 bits per heavy atom. The number of rotatable bonds is 6. The largest absolute Gasteiger partial charge is 1.00 e. The maximum Gasteiger partial charge on any atom is 1.00 e. The number of aromatic nitrogens is 1. The second kappa shape index (κ2) is 9.10. The van der Waals surface area contributed by atoms with Crippen molar-refractivity contribution in [2.24, 2.45) is 0 Å². The van der Waals surface area contributed by atoms with Crippen molar-refractivity contribution >= 4 is 17.5 Å². The molecule has 0 atom stereocenters. The molecule has 1 heterocycles. The van der Waals surface area contributed by atoms with Gasteiger partial charge >= 0.3 is 31.4 Å². The average Bonchev–Trinajstić information content (AvgIpc) is 2.38. The third-order valence-electron chi connectivity index (χ3n) is 1.96. The Morgan fingerprint density at radius 2 is 2.10 bits per heavy atom. The minimum atomic E-state index is -3.06. The summed E-state index contributed by atoms with van der Waals surface area (Å²) in [6, 6.07) is 0.983. The second-order valence-corrected chi connectivity index (χ2v) is 3.38. The van der Waals surface area contributed by atoms with E-state index in [1.165, 1.54) is 6.92 Å². The Balaban J connectivity index is 0.00000400. The summed E-state index contributed by atoms with van der Waals surface area (Å²) in [4.78, 5) is 25.8. The molecule has 1 aromatic rings. The molecule has 21 heavy (non-hydrogen) atoms. The van der Waals surface area contributed by atoms with E-state index < -0.39 is 24.1 Å². The molecular weight excluding hydrogens is 283 g/mol. The zero-order chi connectivity index (χ0) is 15.1. The van der Waals surface area contributed by atoms with Crippen LogP contribution in [0.25, 0.3) is 5.76 Å². The van der Waals surface area contributed by atoms with Crippen LogP contribution in [0.2, 0.25) is 0 Å². The summed E-state index contributed by atoms with van der Waals surface area (Å²) in [7, 11) is 0. The van der Waals surface area contributed by atoms with Gasteiger partial charge in [-0.15, -0.1) is 0 Å². The summed E-state index contributed by atoms with van der Waals surface area (Å²) in [6.45, 7) is -1.57. The van der Waals surface area contributed by atoms with Gasteiger partial charge in [-0.2, -0.15) is 8.78 Å². The number of nitrogens with zero attached hydrogens (tertiary/aromatic N) is 1. The van der Waals surface area contributed by atoms with Crippen molar-refractivity contribution in [1.82, 2.24) is 4.98 Å². The molecule has 6 nitrogen and oxygen atoms in total. The number of ether oxygens (including phenoxy) is 2. The molecule has 0 unspecified atom stereocenters. The number of esters is 1. The van der Waals surface area contributed by atoms with Crippen LogP contribution in [0.4, 0.5) is 8.78 Å². The standard InChI is InChI=1S/C12H11F2NO5.Li/c1-2-19-11(18)10(17)4-9(16)7-3-8(6-15-5-7)20-12(13)14;/h3-6,12,16H,2H2,1H3;/q;+1/p-1. The second-order valence-electron chi connectivity index (χ2n) is 3.38. The molecular formula is C12H10F2LiNO5. The number of halogens is 2. The molecule has 0 aliphatic heterocycles. The fraction of sp³-hybridized carbons (Fsp3) is 0.250. The van der Waals surface area contributed by atoms with E-state index in [-0.39, 0.29) is 36.8 Å². The Labute approximate surface area is 130 Å². The quantitative estimate of drug-likeness (QED) is 0.190. The van der Waals surface area contributed by atoms with Gasteiger partial charge in [0.1, 0.15) is 5.75 Å². The van der Waals surface area contributed by atoms with Gasteiger partial charge in [0, 0.05) is 6.20 Å². The Bertz CT molecular complexity index is 536. The van der Waals surface area contributed by atoms with Gasteiger partial charge < -0.3 is 14.6 Å². The van der Waals surface area contributed by atoms with Gasteiger partial charge in [0.15, 0.2) is 0 Å².